The van der Waals surface area contributed by atoms with Gasteiger partial charge in [0.1, 0.15) is 18.0 Å². The summed E-state index contributed by atoms with van der Waals surface area (Å²) in [7, 11) is 0. The van der Waals surface area contributed by atoms with Crippen LogP contribution in [0.4, 0.5) is 16.6 Å². The summed E-state index contributed by atoms with van der Waals surface area (Å²) in [4.78, 5) is 20.8. The highest BCUT2D eigenvalue weighted by Crippen LogP contribution is 2.30. The number of rotatable bonds is 3. The molecule has 0 aliphatic carbocycles. The first-order valence-electron chi connectivity index (χ1n) is 9.58. The van der Waals surface area contributed by atoms with Gasteiger partial charge in [-0.2, -0.15) is 4.37 Å². The van der Waals surface area contributed by atoms with Gasteiger partial charge in [0.2, 0.25) is 5.13 Å². The Morgan fingerprint density at radius 1 is 0.889 bits per heavy atom. The van der Waals surface area contributed by atoms with Crippen molar-refractivity contribution in [3.63, 3.8) is 0 Å². The van der Waals surface area contributed by atoms with Gasteiger partial charge in [0.15, 0.2) is 0 Å². The third-order valence-corrected chi connectivity index (χ3v) is 6.30. The summed E-state index contributed by atoms with van der Waals surface area (Å²) in [6.45, 7) is 8.04. The van der Waals surface area contributed by atoms with Crippen LogP contribution in [0, 0.1) is 6.92 Å². The third-order valence-electron chi connectivity index (χ3n) is 5.44. The van der Waals surface area contributed by atoms with Crippen LogP contribution in [0.2, 0.25) is 0 Å². The molecule has 0 N–H and O–H groups in total. The van der Waals surface area contributed by atoms with Crippen molar-refractivity contribution in [2.75, 3.05) is 54.0 Å². The van der Waals surface area contributed by atoms with Crippen molar-refractivity contribution in [1.29, 1.82) is 0 Å². The molecular weight excluding hydrogens is 358 g/mol. The maximum atomic E-state index is 4.60. The minimum atomic E-state index is 0.862. The molecule has 2 aliphatic rings. The van der Waals surface area contributed by atoms with Gasteiger partial charge in [-0.25, -0.2) is 15.0 Å². The van der Waals surface area contributed by atoms with Crippen LogP contribution in [0.3, 0.4) is 0 Å². The molecule has 0 unspecified atom stereocenters. The van der Waals surface area contributed by atoms with E-state index in [1.807, 2.05) is 6.92 Å². The summed E-state index contributed by atoms with van der Waals surface area (Å²) in [6, 6.07) is 6.59. The number of fused-ring (bicyclic) bond motifs is 1. The predicted molar refractivity (Wildman–Crippen MR) is 110 cm³/mol. The lowest BCUT2D eigenvalue weighted by Gasteiger charge is -2.36. The Morgan fingerprint density at radius 3 is 2.41 bits per heavy atom. The Labute approximate surface area is 162 Å². The van der Waals surface area contributed by atoms with Crippen molar-refractivity contribution in [3.05, 3.63) is 30.4 Å². The average Bonchev–Trinajstić information content (AvgIpc) is 3.39. The maximum absolute atomic E-state index is 4.60. The standard InChI is InChI=1S/C19H23N7S/c1-14-22-19(27-23-14)26-10-8-24(9-11-26)15-4-5-17-16(12-15)18(21-13-20-17)25-6-2-3-7-25/h4-5,12-13H,2-3,6-11H2,1H3. The van der Waals surface area contributed by atoms with Gasteiger partial charge in [0.25, 0.3) is 0 Å². The van der Waals surface area contributed by atoms with Gasteiger partial charge in [0, 0.05) is 61.9 Å². The average molecular weight is 382 g/mol. The molecule has 1 aromatic carbocycles. The predicted octanol–water partition coefficient (Wildman–Crippen LogP) is 2.72. The van der Waals surface area contributed by atoms with Crippen LogP contribution in [0.15, 0.2) is 24.5 Å². The smallest absolute Gasteiger partial charge is 0.205 e. The fraction of sp³-hybridized carbons (Fsp3) is 0.474. The van der Waals surface area contributed by atoms with E-state index in [1.54, 1.807) is 6.33 Å². The van der Waals surface area contributed by atoms with E-state index >= 15 is 0 Å². The molecule has 8 heteroatoms. The molecule has 2 aromatic heterocycles. The molecule has 4 heterocycles. The highest BCUT2D eigenvalue weighted by molar-refractivity contribution is 7.09. The summed E-state index contributed by atoms with van der Waals surface area (Å²) in [5.74, 6) is 1.95. The zero-order chi connectivity index (χ0) is 18.2. The number of hydrogen-bond donors (Lipinski definition) is 0. The fourth-order valence-corrected chi connectivity index (χ4v) is 4.70. The summed E-state index contributed by atoms with van der Waals surface area (Å²) in [6.07, 6.45) is 4.19. The van der Waals surface area contributed by atoms with Crippen LogP contribution in [0.1, 0.15) is 18.7 Å². The number of piperazine rings is 1. The Kier molecular flexibility index (Phi) is 4.27. The van der Waals surface area contributed by atoms with Crippen LogP contribution in [0.5, 0.6) is 0 Å². The van der Waals surface area contributed by atoms with Crippen molar-refractivity contribution >= 4 is 39.1 Å². The van der Waals surface area contributed by atoms with E-state index in [2.05, 4.69) is 52.2 Å². The van der Waals surface area contributed by atoms with Crippen molar-refractivity contribution in [1.82, 2.24) is 19.3 Å². The van der Waals surface area contributed by atoms with Crippen LogP contribution < -0.4 is 14.7 Å². The van der Waals surface area contributed by atoms with Crippen molar-refractivity contribution < 1.29 is 0 Å². The second-order valence-electron chi connectivity index (χ2n) is 7.19. The van der Waals surface area contributed by atoms with Crippen LogP contribution >= 0.6 is 11.5 Å². The van der Waals surface area contributed by atoms with E-state index in [4.69, 9.17) is 0 Å². The lowest BCUT2D eigenvalue weighted by atomic mass is 10.1. The summed E-state index contributed by atoms with van der Waals surface area (Å²) < 4.78 is 4.31. The van der Waals surface area contributed by atoms with Crippen molar-refractivity contribution in [2.45, 2.75) is 19.8 Å². The summed E-state index contributed by atoms with van der Waals surface area (Å²) >= 11 is 1.50. The topological polar surface area (TPSA) is 61.3 Å². The Bertz CT molecular complexity index is 942. The maximum Gasteiger partial charge on any atom is 0.205 e. The van der Waals surface area contributed by atoms with Crippen LogP contribution in [-0.4, -0.2) is 58.6 Å². The zero-order valence-electron chi connectivity index (χ0n) is 15.5. The number of aryl methyl sites for hydroxylation is 1. The molecule has 2 fully saturated rings. The van der Waals surface area contributed by atoms with Crippen LogP contribution in [0.25, 0.3) is 10.9 Å². The first-order valence-corrected chi connectivity index (χ1v) is 10.4. The summed E-state index contributed by atoms with van der Waals surface area (Å²) in [5.41, 5.74) is 2.28. The van der Waals surface area contributed by atoms with Gasteiger partial charge in [-0.15, -0.1) is 0 Å². The molecule has 7 nitrogen and oxygen atoms in total. The van der Waals surface area contributed by atoms with E-state index in [9.17, 15) is 0 Å². The monoisotopic (exact) mass is 381 g/mol. The van der Waals surface area contributed by atoms with Gasteiger partial charge in [0.05, 0.1) is 5.52 Å². The van der Waals surface area contributed by atoms with Crippen molar-refractivity contribution in [2.24, 2.45) is 0 Å². The van der Waals surface area contributed by atoms with Gasteiger partial charge in [-0.05, 0) is 38.0 Å². The molecule has 2 saturated heterocycles. The first kappa shape index (κ1) is 16.7. The van der Waals surface area contributed by atoms with E-state index in [0.717, 1.165) is 61.6 Å². The molecule has 0 amide bonds. The lowest BCUT2D eigenvalue weighted by Crippen LogP contribution is -2.46. The largest absolute Gasteiger partial charge is 0.368 e. The number of nitrogens with zero attached hydrogens (tertiary/aromatic N) is 7. The zero-order valence-corrected chi connectivity index (χ0v) is 16.3. The van der Waals surface area contributed by atoms with Gasteiger partial charge >= 0.3 is 0 Å². The quantitative estimate of drug-likeness (QED) is 0.691. The second kappa shape index (κ2) is 6.92. The second-order valence-corrected chi connectivity index (χ2v) is 7.92. The molecule has 3 aromatic rings. The molecular formula is C19H23N7S. The van der Waals surface area contributed by atoms with Crippen LogP contribution in [-0.2, 0) is 0 Å². The number of benzene rings is 1. The molecule has 0 atom stereocenters. The molecule has 140 valence electrons. The van der Waals surface area contributed by atoms with Crippen molar-refractivity contribution in [3.8, 4) is 0 Å². The molecule has 2 aliphatic heterocycles. The molecule has 0 saturated carbocycles. The van der Waals surface area contributed by atoms with E-state index < -0.39 is 0 Å². The molecule has 0 bridgehead atoms. The molecule has 27 heavy (non-hydrogen) atoms. The Morgan fingerprint density at radius 2 is 1.67 bits per heavy atom. The van der Waals surface area contributed by atoms with E-state index in [1.165, 1.54) is 35.4 Å². The lowest BCUT2D eigenvalue weighted by molar-refractivity contribution is 0.652. The Balaban J connectivity index is 1.38. The normalized spacial score (nSPS) is 17.9. The fourth-order valence-electron chi connectivity index (χ4n) is 3.98. The third kappa shape index (κ3) is 3.18. The first-order chi connectivity index (χ1) is 13.3. The highest BCUT2D eigenvalue weighted by atomic mass is 32.1. The minimum Gasteiger partial charge on any atom is -0.368 e. The summed E-state index contributed by atoms with van der Waals surface area (Å²) in [5, 5.41) is 2.20. The van der Waals surface area contributed by atoms with Gasteiger partial charge < -0.3 is 14.7 Å². The number of hydrogen-bond acceptors (Lipinski definition) is 8. The van der Waals surface area contributed by atoms with Gasteiger partial charge in [-0.3, -0.25) is 0 Å². The highest BCUT2D eigenvalue weighted by Gasteiger charge is 2.21. The molecule has 5 rings (SSSR count). The molecule has 0 spiro atoms. The molecule has 0 radical (unpaired) electrons. The SMILES string of the molecule is Cc1nsc(N2CCN(c3ccc4ncnc(N5CCCC5)c4c3)CC2)n1. The number of anilines is 3. The number of aromatic nitrogens is 4. The Hall–Kier alpha value is -2.48. The van der Waals surface area contributed by atoms with E-state index in [-0.39, 0.29) is 0 Å². The van der Waals surface area contributed by atoms with Gasteiger partial charge in [-0.1, -0.05) is 0 Å². The van der Waals surface area contributed by atoms with E-state index in [0.29, 0.717) is 0 Å². The minimum absolute atomic E-state index is 0.862.